The van der Waals surface area contributed by atoms with E-state index in [1.54, 1.807) is 23.6 Å². The van der Waals surface area contributed by atoms with Crippen LogP contribution in [0.15, 0.2) is 82.4 Å². The molecule has 0 amide bonds. The Labute approximate surface area is 175 Å². The lowest BCUT2D eigenvalue weighted by molar-refractivity contribution is 0.615. The summed E-state index contributed by atoms with van der Waals surface area (Å²) in [7, 11) is 0. The van der Waals surface area contributed by atoms with Gasteiger partial charge >= 0.3 is 5.69 Å². The summed E-state index contributed by atoms with van der Waals surface area (Å²) in [6, 6.07) is 21.7. The highest BCUT2D eigenvalue weighted by Gasteiger charge is 2.19. The van der Waals surface area contributed by atoms with Gasteiger partial charge in [-0.05, 0) is 36.2 Å². The molecule has 148 valence electrons. The second-order valence-corrected chi connectivity index (χ2v) is 8.26. The zero-order valence-electron chi connectivity index (χ0n) is 16.1. The van der Waals surface area contributed by atoms with Gasteiger partial charge in [0.05, 0.1) is 17.7 Å². The van der Waals surface area contributed by atoms with Crippen LogP contribution in [0.4, 0.5) is 4.39 Å². The van der Waals surface area contributed by atoms with Crippen molar-refractivity contribution in [3.8, 4) is 5.69 Å². The minimum absolute atomic E-state index is 0.231. The number of hydrogen-bond acceptors (Lipinski definition) is 3. The predicted octanol–water partition coefficient (Wildman–Crippen LogP) is 4.86. The largest absolute Gasteiger partial charge is 0.336 e. The van der Waals surface area contributed by atoms with E-state index in [2.05, 4.69) is 0 Å². The van der Waals surface area contributed by atoms with Crippen molar-refractivity contribution in [2.45, 2.75) is 13.5 Å². The van der Waals surface area contributed by atoms with E-state index in [9.17, 15) is 14.0 Å². The van der Waals surface area contributed by atoms with E-state index >= 15 is 0 Å². The lowest BCUT2D eigenvalue weighted by Crippen LogP contribution is -2.38. The van der Waals surface area contributed by atoms with Crippen molar-refractivity contribution in [3.05, 3.63) is 111 Å². The molecule has 0 aliphatic heterocycles. The summed E-state index contributed by atoms with van der Waals surface area (Å²) >= 11 is 1.35. The molecule has 0 atom stereocenters. The molecule has 0 saturated carbocycles. The summed E-state index contributed by atoms with van der Waals surface area (Å²) in [5, 5.41) is 0.866. The van der Waals surface area contributed by atoms with Crippen LogP contribution in [0.25, 0.3) is 26.0 Å². The molecule has 6 heteroatoms. The van der Waals surface area contributed by atoms with Crippen LogP contribution in [0, 0.1) is 12.7 Å². The van der Waals surface area contributed by atoms with Crippen LogP contribution in [-0.2, 0) is 6.54 Å². The minimum Gasteiger partial charge on any atom is -0.287 e. The van der Waals surface area contributed by atoms with E-state index in [0.29, 0.717) is 22.3 Å². The summed E-state index contributed by atoms with van der Waals surface area (Å²) in [5.41, 5.74) is 1.34. The smallest absolute Gasteiger partial charge is 0.287 e. The van der Waals surface area contributed by atoms with Gasteiger partial charge < -0.3 is 0 Å². The fourth-order valence-electron chi connectivity index (χ4n) is 3.71. The first-order valence-electron chi connectivity index (χ1n) is 9.52. The number of halogens is 1. The van der Waals surface area contributed by atoms with Crippen LogP contribution < -0.4 is 11.2 Å². The first-order chi connectivity index (χ1) is 14.5. The molecule has 5 aromatic rings. The number of benzene rings is 3. The molecule has 30 heavy (non-hydrogen) atoms. The van der Waals surface area contributed by atoms with Gasteiger partial charge in [-0.1, -0.05) is 54.6 Å². The van der Waals surface area contributed by atoms with E-state index in [1.807, 2.05) is 54.6 Å². The van der Waals surface area contributed by atoms with Crippen molar-refractivity contribution in [3.63, 3.8) is 0 Å². The van der Waals surface area contributed by atoms with Crippen LogP contribution in [0.5, 0.6) is 0 Å². The van der Waals surface area contributed by atoms with Crippen LogP contribution in [0.2, 0.25) is 0 Å². The van der Waals surface area contributed by atoms with Crippen molar-refractivity contribution in [1.29, 1.82) is 0 Å². The van der Waals surface area contributed by atoms with Crippen LogP contribution >= 0.6 is 11.3 Å². The van der Waals surface area contributed by atoms with Gasteiger partial charge in [0, 0.05) is 10.1 Å². The molecule has 4 nitrogen and oxygen atoms in total. The molecular formula is C24H17FN2O2S. The Morgan fingerprint density at radius 1 is 0.933 bits per heavy atom. The zero-order valence-corrected chi connectivity index (χ0v) is 16.9. The number of aromatic nitrogens is 2. The number of hydrogen-bond donors (Lipinski definition) is 0. The summed E-state index contributed by atoms with van der Waals surface area (Å²) in [5.74, 6) is -0.454. The standard InChI is InChI=1S/C24H17FN2O2S/c1-15-11-12-17(13-19(15)25)27-23(28)22-21(18-9-5-6-10-20(18)30-22)26(24(27)29)14-16-7-3-2-4-8-16/h2-13H,14H2,1H3. The topological polar surface area (TPSA) is 44.0 Å². The van der Waals surface area contributed by atoms with Crippen LogP contribution in [-0.4, -0.2) is 9.13 Å². The highest BCUT2D eigenvalue weighted by atomic mass is 32.1. The normalized spacial score (nSPS) is 11.4. The van der Waals surface area contributed by atoms with Gasteiger partial charge in [0.2, 0.25) is 0 Å². The third-order valence-electron chi connectivity index (χ3n) is 5.26. The molecule has 0 aliphatic rings. The SMILES string of the molecule is Cc1ccc(-n2c(=O)c3sc4ccccc4c3n(Cc3ccccc3)c2=O)cc1F. The molecule has 5 rings (SSSR count). The van der Waals surface area contributed by atoms with E-state index in [4.69, 9.17) is 0 Å². The lowest BCUT2D eigenvalue weighted by atomic mass is 10.2. The highest BCUT2D eigenvalue weighted by molar-refractivity contribution is 7.25. The third kappa shape index (κ3) is 2.88. The second-order valence-electron chi connectivity index (χ2n) is 7.20. The van der Waals surface area contributed by atoms with E-state index in [0.717, 1.165) is 20.2 Å². The number of thiophene rings is 1. The van der Waals surface area contributed by atoms with Crippen LogP contribution in [0.1, 0.15) is 11.1 Å². The summed E-state index contributed by atoms with van der Waals surface area (Å²) in [6.07, 6.45) is 0. The fourth-order valence-corrected chi connectivity index (χ4v) is 4.85. The highest BCUT2D eigenvalue weighted by Crippen LogP contribution is 2.31. The van der Waals surface area contributed by atoms with Crippen molar-refractivity contribution in [1.82, 2.24) is 9.13 Å². The Morgan fingerprint density at radius 2 is 1.67 bits per heavy atom. The third-order valence-corrected chi connectivity index (χ3v) is 6.40. The molecule has 0 spiro atoms. The Kier molecular flexibility index (Phi) is 4.37. The number of aryl methyl sites for hydroxylation is 1. The van der Waals surface area contributed by atoms with Gasteiger partial charge in [0.15, 0.2) is 0 Å². The van der Waals surface area contributed by atoms with Gasteiger partial charge in [-0.2, -0.15) is 0 Å². The molecule has 0 saturated heterocycles. The quantitative estimate of drug-likeness (QED) is 0.421. The van der Waals surface area contributed by atoms with Gasteiger partial charge in [0.1, 0.15) is 10.5 Å². The Morgan fingerprint density at radius 3 is 2.43 bits per heavy atom. The number of nitrogens with zero attached hydrogens (tertiary/aromatic N) is 2. The number of fused-ring (bicyclic) bond motifs is 3. The Balaban J connectivity index is 1.90. The maximum absolute atomic E-state index is 14.2. The maximum atomic E-state index is 14.2. The molecule has 2 aromatic heterocycles. The fraction of sp³-hybridized carbons (Fsp3) is 0.0833. The molecule has 3 aromatic carbocycles. The maximum Gasteiger partial charge on any atom is 0.336 e. The second kappa shape index (κ2) is 7.07. The lowest BCUT2D eigenvalue weighted by Gasteiger charge is -2.13. The van der Waals surface area contributed by atoms with Crippen LogP contribution in [0.3, 0.4) is 0 Å². The molecule has 0 N–H and O–H groups in total. The van der Waals surface area contributed by atoms with Crippen molar-refractivity contribution >= 4 is 31.6 Å². The Bertz CT molecular complexity index is 1530. The van der Waals surface area contributed by atoms with E-state index in [-0.39, 0.29) is 5.69 Å². The summed E-state index contributed by atoms with van der Waals surface area (Å²) in [6.45, 7) is 1.95. The zero-order chi connectivity index (χ0) is 20.8. The summed E-state index contributed by atoms with van der Waals surface area (Å²) < 4.78 is 18.3. The molecule has 0 radical (unpaired) electrons. The molecule has 2 heterocycles. The number of rotatable bonds is 3. The molecule has 0 aliphatic carbocycles. The molecular weight excluding hydrogens is 399 g/mol. The molecule has 0 fully saturated rings. The van der Waals surface area contributed by atoms with Crippen molar-refractivity contribution < 1.29 is 4.39 Å². The van der Waals surface area contributed by atoms with Gasteiger partial charge in [-0.25, -0.2) is 13.8 Å². The van der Waals surface area contributed by atoms with E-state index in [1.165, 1.54) is 17.4 Å². The average molecular weight is 416 g/mol. The van der Waals surface area contributed by atoms with Gasteiger partial charge in [0.25, 0.3) is 5.56 Å². The van der Waals surface area contributed by atoms with Gasteiger partial charge in [-0.15, -0.1) is 11.3 Å². The summed E-state index contributed by atoms with van der Waals surface area (Å²) in [4.78, 5) is 26.9. The molecule has 0 bridgehead atoms. The van der Waals surface area contributed by atoms with Crippen molar-refractivity contribution in [2.75, 3.05) is 0 Å². The Hall–Kier alpha value is -3.51. The first-order valence-corrected chi connectivity index (χ1v) is 10.3. The monoisotopic (exact) mass is 416 g/mol. The van der Waals surface area contributed by atoms with Gasteiger partial charge in [-0.3, -0.25) is 9.36 Å². The predicted molar refractivity (Wildman–Crippen MR) is 119 cm³/mol. The first kappa shape index (κ1) is 18.5. The van der Waals surface area contributed by atoms with Crippen molar-refractivity contribution in [2.24, 2.45) is 0 Å². The minimum atomic E-state index is -0.483. The van der Waals surface area contributed by atoms with E-state index < -0.39 is 17.1 Å². The molecule has 0 unspecified atom stereocenters. The average Bonchev–Trinajstić information content (AvgIpc) is 3.14.